The van der Waals surface area contributed by atoms with Crippen molar-refractivity contribution in [2.45, 2.75) is 6.42 Å². The van der Waals surface area contributed by atoms with Gasteiger partial charge in [-0.3, -0.25) is 19.2 Å². The molecule has 0 atom stereocenters. The van der Waals surface area contributed by atoms with E-state index in [9.17, 15) is 19.2 Å². The summed E-state index contributed by atoms with van der Waals surface area (Å²) in [6.45, 7) is 1.54. The Morgan fingerprint density at radius 3 is 1.95 bits per heavy atom. The Hall–Kier alpha value is -5.02. The van der Waals surface area contributed by atoms with Gasteiger partial charge in [-0.15, -0.1) is 0 Å². The van der Waals surface area contributed by atoms with Crippen molar-refractivity contribution < 1.29 is 14.3 Å². The minimum atomic E-state index is -0.488. The molecule has 0 unspecified atom stereocenters. The minimum Gasteiger partial charge on any atom is -0.494 e. The number of aromatic amines is 2. The van der Waals surface area contributed by atoms with Crippen LogP contribution >= 0.6 is 0 Å². The lowest BCUT2D eigenvalue weighted by atomic mass is 10.1. The van der Waals surface area contributed by atoms with Crippen molar-refractivity contribution in [3.8, 4) is 5.75 Å². The second-order valence-electron chi connectivity index (χ2n) is 9.68. The highest BCUT2D eigenvalue weighted by atomic mass is 16.5. The summed E-state index contributed by atoms with van der Waals surface area (Å²) >= 11 is 0. The van der Waals surface area contributed by atoms with Crippen molar-refractivity contribution in [2.24, 2.45) is 0 Å². The van der Waals surface area contributed by atoms with E-state index in [0.717, 1.165) is 29.2 Å². The standard InChI is InChI=1S/C31H28N4O5/c1-34(2)15-6-16-40-23-13-11-20(12-14-23)18-26-28(36)33-27(29(37)32-26)19-21-7-5-8-22(17-21)35-30(38)24-9-3-4-10-25(24)31(35)39/h3-5,7-14,17-19H,6,15-16H2,1-2H3,(H,32,37)(H,33,36). The third-order valence-electron chi connectivity index (χ3n) is 6.43. The second kappa shape index (κ2) is 11.4. The van der Waals surface area contributed by atoms with Gasteiger partial charge in [0.1, 0.15) is 16.4 Å². The van der Waals surface area contributed by atoms with E-state index < -0.39 is 22.9 Å². The van der Waals surface area contributed by atoms with Crippen molar-refractivity contribution in [1.82, 2.24) is 14.9 Å². The molecule has 0 aliphatic carbocycles. The van der Waals surface area contributed by atoms with Crippen LogP contribution in [-0.4, -0.2) is 53.9 Å². The zero-order valence-electron chi connectivity index (χ0n) is 22.1. The highest BCUT2D eigenvalue weighted by Crippen LogP contribution is 2.28. The van der Waals surface area contributed by atoms with Crippen LogP contribution in [0.2, 0.25) is 0 Å². The summed E-state index contributed by atoms with van der Waals surface area (Å²) in [7, 11) is 4.03. The van der Waals surface area contributed by atoms with E-state index in [-0.39, 0.29) is 10.7 Å². The number of carbonyl (C=O) groups is 2. The highest BCUT2D eigenvalue weighted by Gasteiger charge is 2.36. The van der Waals surface area contributed by atoms with Gasteiger partial charge < -0.3 is 19.6 Å². The first-order valence-corrected chi connectivity index (χ1v) is 12.8. The number of nitrogens with zero attached hydrogens (tertiary/aromatic N) is 2. The van der Waals surface area contributed by atoms with Crippen LogP contribution in [0.5, 0.6) is 5.75 Å². The van der Waals surface area contributed by atoms with Gasteiger partial charge in [-0.05, 0) is 80.2 Å². The summed E-state index contributed by atoms with van der Waals surface area (Å²) in [5, 5.41) is 0.157. The molecule has 4 aromatic rings. The maximum absolute atomic E-state index is 12.8. The summed E-state index contributed by atoms with van der Waals surface area (Å²) in [5.74, 6) is -0.0904. The fourth-order valence-electron chi connectivity index (χ4n) is 4.44. The van der Waals surface area contributed by atoms with Crippen LogP contribution in [0.1, 0.15) is 38.3 Å². The third kappa shape index (κ3) is 5.69. The van der Waals surface area contributed by atoms with Crippen molar-refractivity contribution >= 4 is 29.7 Å². The van der Waals surface area contributed by atoms with Crippen molar-refractivity contribution in [3.05, 3.63) is 126 Å². The highest BCUT2D eigenvalue weighted by molar-refractivity contribution is 6.34. The molecule has 0 saturated carbocycles. The van der Waals surface area contributed by atoms with Crippen LogP contribution in [0.3, 0.4) is 0 Å². The van der Waals surface area contributed by atoms with E-state index in [1.807, 2.05) is 38.4 Å². The Balaban J connectivity index is 1.37. The van der Waals surface area contributed by atoms with Gasteiger partial charge in [0.05, 0.1) is 23.4 Å². The Bertz CT molecular complexity index is 1790. The molecule has 202 valence electrons. The lowest BCUT2D eigenvalue weighted by Gasteiger charge is -2.14. The number of ether oxygens (including phenoxy) is 1. The molecule has 1 aliphatic rings. The number of rotatable bonds is 8. The Morgan fingerprint density at radius 2 is 1.35 bits per heavy atom. The first kappa shape index (κ1) is 26.6. The maximum Gasteiger partial charge on any atom is 0.272 e. The molecule has 2 N–H and O–H groups in total. The topological polar surface area (TPSA) is 116 Å². The van der Waals surface area contributed by atoms with Gasteiger partial charge in [-0.1, -0.05) is 36.4 Å². The van der Waals surface area contributed by atoms with Crippen molar-refractivity contribution in [3.63, 3.8) is 0 Å². The first-order valence-electron chi connectivity index (χ1n) is 12.8. The van der Waals surface area contributed by atoms with Crippen molar-refractivity contribution in [1.29, 1.82) is 0 Å². The largest absolute Gasteiger partial charge is 0.494 e. The molecule has 2 amide bonds. The maximum atomic E-state index is 12.8. The summed E-state index contributed by atoms with van der Waals surface area (Å²) < 4.78 is 5.74. The SMILES string of the molecule is CN(C)CCCOc1ccc(C=c2[nH]c(=O)c(=Cc3cccc(N4C(=O)c5ccccc5C4=O)c3)[nH]c2=O)cc1. The van der Waals surface area contributed by atoms with E-state index in [1.165, 1.54) is 6.08 Å². The van der Waals surface area contributed by atoms with Gasteiger partial charge in [-0.2, -0.15) is 0 Å². The molecule has 5 rings (SSSR count). The number of benzene rings is 3. The molecule has 40 heavy (non-hydrogen) atoms. The Labute approximate surface area is 229 Å². The molecular weight excluding hydrogens is 508 g/mol. The number of carbonyl (C=O) groups excluding carboxylic acids is 2. The number of amides is 2. The smallest absolute Gasteiger partial charge is 0.272 e. The third-order valence-corrected chi connectivity index (χ3v) is 6.43. The van der Waals surface area contributed by atoms with E-state index in [0.29, 0.717) is 29.0 Å². The van der Waals surface area contributed by atoms with E-state index in [2.05, 4.69) is 14.9 Å². The molecule has 0 saturated heterocycles. The molecular formula is C31H28N4O5. The summed E-state index contributed by atoms with van der Waals surface area (Å²) in [5.41, 5.74) is 1.37. The second-order valence-corrected chi connectivity index (χ2v) is 9.68. The fraction of sp³-hybridized carbons (Fsp3) is 0.161. The fourth-order valence-corrected chi connectivity index (χ4v) is 4.44. The van der Waals surface area contributed by atoms with Crippen LogP contribution in [0, 0.1) is 0 Å². The van der Waals surface area contributed by atoms with E-state index in [1.54, 1.807) is 54.6 Å². The van der Waals surface area contributed by atoms with Gasteiger partial charge in [0, 0.05) is 6.54 Å². The van der Waals surface area contributed by atoms with Gasteiger partial charge in [0.15, 0.2) is 0 Å². The van der Waals surface area contributed by atoms with Gasteiger partial charge >= 0.3 is 0 Å². The number of H-pyrrole nitrogens is 2. The molecule has 3 aromatic carbocycles. The molecule has 0 spiro atoms. The van der Waals surface area contributed by atoms with Gasteiger partial charge in [0.2, 0.25) is 0 Å². The number of nitrogens with one attached hydrogen (secondary N) is 2. The monoisotopic (exact) mass is 536 g/mol. The normalized spacial score (nSPS) is 13.8. The van der Waals surface area contributed by atoms with Crippen LogP contribution in [0.15, 0.2) is 82.4 Å². The summed E-state index contributed by atoms with van der Waals surface area (Å²) in [4.78, 5) is 59.7. The summed E-state index contributed by atoms with van der Waals surface area (Å²) in [6, 6.07) is 20.5. The van der Waals surface area contributed by atoms with Crippen LogP contribution in [0.25, 0.3) is 12.2 Å². The average molecular weight is 537 g/mol. The quantitative estimate of drug-likeness (QED) is 0.262. The molecule has 9 heteroatoms. The molecule has 2 heterocycles. The molecule has 0 fully saturated rings. The van der Waals surface area contributed by atoms with Gasteiger partial charge in [0.25, 0.3) is 22.9 Å². The minimum absolute atomic E-state index is 0.0446. The number of anilines is 1. The van der Waals surface area contributed by atoms with Crippen molar-refractivity contribution in [2.75, 3.05) is 32.1 Å². The number of hydrogen-bond acceptors (Lipinski definition) is 6. The first-order chi connectivity index (χ1) is 19.3. The van der Waals surface area contributed by atoms with E-state index >= 15 is 0 Å². The molecule has 0 bridgehead atoms. The number of hydrogen-bond donors (Lipinski definition) is 2. The van der Waals surface area contributed by atoms with Crippen LogP contribution < -0.4 is 31.5 Å². The van der Waals surface area contributed by atoms with Crippen LogP contribution in [-0.2, 0) is 0 Å². The number of imide groups is 1. The molecule has 9 nitrogen and oxygen atoms in total. The lowest BCUT2D eigenvalue weighted by molar-refractivity contribution is 0.0926. The Kier molecular flexibility index (Phi) is 7.56. The molecule has 1 aliphatic heterocycles. The zero-order valence-corrected chi connectivity index (χ0v) is 22.1. The zero-order chi connectivity index (χ0) is 28.2. The van der Waals surface area contributed by atoms with Crippen LogP contribution in [0.4, 0.5) is 5.69 Å². The predicted octanol–water partition coefficient (Wildman–Crippen LogP) is 1.85. The molecule has 0 radical (unpaired) electrons. The summed E-state index contributed by atoms with van der Waals surface area (Å²) in [6.07, 6.45) is 3.99. The lowest BCUT2D eigenvalue weighted by Crippen LogP contribution is -2.46. The predicted molar refractivity (Wildman–Crippen MR) is 153 cm³/mol. The number of aromatic nitrogens is 2. The molecule has 1 aromatic heterocycles. The van der Waals surface area contributed by atoms with E-state index in [4.69, 9.17) is 4.74 Å². The average Bonchev–Trinajstić information content (AvgIpc) is 3.20. The van der Waals surface area contributed by atoms with Gasteiger partial charge in [-0.25, -0.2) is 4.90 Å². The number of fused-ring (bicyclic) bond motifs is 1. The Morgan fingerprint density at radius 1 is 0.750 bits per heavy atom.